The zero-order valence-electron chi connectivity index (χ0n) is 17.9. The fourth-order valence-corrected chi connectivity index (χ4v) is 3.26. The molecule has 2 amide bonds. The molecule has 0 atom stereocenters. The van der Waals surface area contributed by atoms with Crippen LogP contribution in [0.15, 0.2) is 40.9 Å². The molecule has 1 aromatic heterocycles. The minimum atomic E-state index is -0.687. The van der Waals surface area contributed by atoms with Crippen molar-refractivity contribution in [1.82, 2.24) is 10.3 Å². The van der Waals surface area contributed by atoms with Crippen molar-refractivity contribution in [3.63, 3.8) is 0 Å². The lowest BCUT2D eigenvalue weighted by molar-refractivity contribution is -0.118. The fourth-order valence-electron chi connectivity index (χ4n) is 2.75. The second-order valence-electron chi connectivity index (χ2n) is 8.05. The zero-order chi connectivity index (χ0) is 22.6. The van der Waals surface area contributed by atoms with Crippen molar-refractivity contribution < 1.29 is 14.3 Å². The topological polar surface area (TPSA) is 131 Å². The van der Waals surface area contributed by atoms with Gasteiger partial charge >= 0.3 is 0 Å². The summed E-state index contributed by atoms with van der Waals surface area (Å²) < 4.78 is 13.2. The van der Waals surface area contributed by atoms with Crippen LogP contribution in [-0.4, -0.2) is 34.8 Å². The normalized spacial score (nSPS) is 13.0. The van der Waals surface area contributed by atoms with E-state index in [0.717, 1.165) is 17.8 Å². The van der Waals surface area contributed by atoms with Crippen LogP contribution < -0.4 is 25.8 Å². The summed E-state index contributed by atoms with van der Waals surface area (Å²) in [6.45, 7) is 7.49. The lowest BCUT2D eigenvalue weighted by Crippen LogP contribution is -2.48. The Balaban J connectivity index is 1.66. The summed E-state index contributed by atoms with van der Waals surface area (Å²) in [6.07, 6.45) is 1.48. The Labute approximate surface area is 185 Å². The van der Waals surface area contributed by atoms with Crippen LogP contribution in [-0.2, 0) is 4.79 Å². The second kappa shape index (κ2) is 9.25. The predicted octanol–water partition coefficient (Wildman–Crippen LogP) is 2.96. The molecule has 164 valence electrons. The van der Waals surface area contributed by atoms with Crippen LogP contribution in [0.5, 0.6) is 5.75 Å². The van der Waals surface area contributed by atoms with Gasteiger partial charge in [-0.3, -0.25) is 9.59 Å². The van der Waals surface area contributed by atoms with Crippen molar-refractivity contribution in [3.05, 3.63) is 47.7 Å². The van der Waals surface area contributed by atoms with Crippen LogP contribution in [0.2, 0.25) is 0 Å². The van der Waals surface area contributed by atoms with Crippen molar-refractivity contribution >= 4 is 41.3 Å². The minimum Gasteiger partial charge on any atom is -0.490 e. The van der Waals surface area contributed by atoms with E-state index in [0.29, 0.717) is 28.5 Å². The van der Waals surface area contributed by atoms with Gasteiger partial charge < -0.3 is 25.8 Å². The molecule has 0 fully saturated rings. The molecule has 3 rings (SSSR count). The van der Waals surface area contributed by atoms with E-state index in [2.05, 4.69) is 24.7 Å². The molecule has 0 saturated carbocycles. The molecule has 0 saturated heterocycles. The number of pyridine rings is 1. The quantitative estimate of drug-likeness (QED) is 0.485. The van der Waals surface area contributed by atoms with E-state index in [-0.39, 0.29) is 24.3 Å². The fraction of sp³-hybridized carbons (Fsp3) is 0.333. The number of benzene rings is 1. The number of ether oxygens (including phenoxy) is 1. The molecule has 0 aliphatic carbocycles. The molecule has 1 aromatic carbocycles. The van der Waals surface area contributed by atoms with Gasteiger partial charge in [-0.1, -0.05) is 19.9 Å². The second-order valence-corrected chi connectivity index (χ2v) is 8.62. The Hall–Kier alpha value is -3.27. The number of amidine groups is 1. The number of carbonyl (C=O) groups excluding carboxylic acids is 2. The van der Waals surface area contributed by atoms with Crippen molar-refractivity contribution in [2.45, 2.75) is 33.2 Å². The standard InChI is InChI=1S/C21H26N6O3S/c1-12(2)19(28)24-16-10-13(8-9-23-16)20(29)25-21(3,4)11-30-15-7-5-6-14-17(15)18(22)27-31-26-14/h5-10,12,26H,11H2,1-4H3,(H2,22,27)(H,25,29)(H,23,24,28). The highest BCUT2D eigenvalue weighted by Gasteiger charge is 2.25. The van der Waals surface area contributed by atoms with Gasteiger partial charge in [0, 0.05) is 17.7 Å². The highest BCUT2D eigenvalue weighted by Crippen LogP contribution is 2.32. The highest BCUT2D eigenvalue weighted by atomic mass is 32.2. The SMILES string of the molecule is CC(C)C(=O)Nc1cc(C(=O)NC(C)(C)COc2cccc3c2C(N)=NSN3)ccn1. The molecule has 2 heterocycles. The minimum absolute atomic E-state index is 0.166. The third-order valence-electron chi connectivity index (χ3n) is 4.42. The first-order valence-electron chi connectivity index (χ1n) is 9.77. The average Bonchev–Trinajstić information content (AvgIpc) is 2.72. The van der Waals surface area contributed by atoms with E-state index >= 15 is 0 Å². The van der Waals surface area contributed by atoms with Gasteiger partial charge in [0.05, 0.1) is 28.9 Å². The molecule has 0 spiro atoms. The van der Waals surface area contributed by atoms with Gasteiger partial charge in [-0.15, -0.1) is 0 Å². The van der Waals surface area contributed by atoms with Gasteiger partial charge in [-0.2, -0.15) is 4.40 Å². The number of rotatable bonds is 7. The highest BCUT2D eigenvalue weighted by molar-refractivity contribution is 7.99. The third-order valence-corrected chi connectivity index (χ3v) is 5.02. The molecular weight excluding hydrogens is 416 g/mol. The number of amides is 2. The molecule has 1 aliphatic rings. The molecule has 0 unspecified atom stereocenters. The number of hydrogen-bond donors (Lipinski definition) is 4. The Morgan fingerprint density at radius 2 is 2.06 bits per heavy atom. The number of carbonyl (C=O) groups is 2. The van der Waals surface area contributed by atoms with Gasteiger partial charge in [0.2, 0.25) is 5.91 Å². The van der Waals surface area contributed by atoms with E-state index < -0.39 is 5.54 Å². The maximum Gasteiger partial charge on any atom is 0.252 e. The maximum atomic E-state index is 12.8. The van der Waals surface area contributed by atoms with Crippen LogP contribution in [0.1, 0.15) is 43.6 Å². The van der Waals surface area contributed by atoms with Gasteiger partial charge in [0.1, 0.15) is 24.0 Å². The summed E-state index contributed by atoms with van der Waals surface area (Å²) in [5.74, 6) is 0.634. The third kappa shape index (κ3) is 5.66. The molecule has 2 aromatic rings. The number of nitrogens with one attached hydrogen (secondary N) is 3. The van der Waals surface area contributed by atoms with Crippen LogP contribution in [0, 0.1) is 5.92 Å². The van der Waals surface area contributed by atoms with Crippen molar-refractivity contribution in [2.24, 2.45) is 16.0 Å². The summed E-state index contributed by atoms with van der Waals surface area (Å²) in [5.41, 5.74) is 7.23. The van der Waals surface area contributed by atoms with Crippen LogP contribution in [0.4, 0.5) is 11.5 Å². The Morgan fingerprint density at radius 3 is 2.81 bits per heavy atom. The number of nitrogens with two attached hydrogens (primary N) is 1. The molecule has 31 heavy (non-hydrogen) atoms. The molecule has 9 nitrogen and oxygen atoms in total. The van der Waals surface area contributed by atoms with E-state index in [4.69, 9.17) is 10.5 Å². The Morgan fingerprint density at radius 1 is 1.29 bits per heavy atom. The number of fused-ring (bicyclic) bond motifs is 1. The van der Waals surface area contributed by atoms with Crippen molar-refractivity contribution in [1.29, 1.82) is 0 Å². The molecule has 10 heteroatoms. The van der Waals surface area contributed by atoms with Crippen molar-refractivity contribution in [2.75, 3.05) is 16.6 Å². The largest absolute Gasteiger partial charge is 0.490 e. The summed E-state index contributed by atoms with van der Waals surface area (Å²) in [5, 5.41) is 5.65. The van der Waals surface area contributed by atoms with Gasteiger partial charge in [-0.25, -0.2) is 4.98 Å². The van der Waals surface area contributed by atoms with E-state index in [1.807, 2.05) is 32.0 Å². The number of nitrogens with zero attached hydrogens (tertiary/aromatic N) is 2. The maximum absolute atomic E-state index is 12.8. The van der Waals surface area contributed by atoms with E-state index in [1.54, 1.807) is 26.0 Å². The number of hydrogen-bond acceptors (Lipinski definition) is 8. The molecule has 1 aliphatic heterocycles. The van der Waals surface area contributed by atoms with E-state index in [9.17, 15) is 9.59 Å². The van der Waals surface area contributed by atoms with Crippen molar-refractivity contribution in [3.8, 4) is 5.75 Å². The van der Waals surface area contributed by atoms with Crippen LogP contribution in [0.25, 0.3) is 0 Å². The molecule has 0 bridgehead atoms. The summed E-state index contributed by atoms with van der Waals surface area (Å²) >= 11 is 1.16. The van der Waals surface area contributed by atoms with Gasteiger partial charge in [-0.05, 0) is 38.1 Å². The lowest BCUT2D eigenvalue weighted by Gasteiger charge is -2.27. The first-order valence-corrected chi connectivity index (χ1v) is 10.5. The number of anilines is 2. The Kier molecular flexibility index (Phi) is 6.69. The van der Waals surface area contributed by atoms with Gasteiger partial charge in [0.15, 0.2) is 0 Å². The van der Waals surface area contributed by atoms with Crippen LogP contribution in [0.3, 0.4) is 0 Å². The monoisotopic (exact) mass is 442 g/mol. The summed E-state index contributed by atoms with van der Waals surface area (Å²) in [7, 11) is 0. The first-order chi connectivity index (χ1) is 14.7. The van der Waals surface area contributed by atoms with E-state index in [1.165, 1.54) is 6.20 Å². The first kappa shape index (κ1) is 22.4. The summed E-state index contributed by atoms with van der Waals surface area (Å²) in [4.78, 5) is 28.7. The molecule has 0 radical (unpaired) electrons. The lowest BCUT2D eigenvalue weighted by atomic mass is 10.1. The number of aromatic nitrogens is 1. The zero-order valence-corrected chi connectivity index (χ0v) is 18.7. The smallest absolute Gasteiger partial charge is 0.252 e. The summed E-state index contributed by atoms with van der Waals surface area (Å²) in [6, 6.07) is 8.69. The predicted molar refractivity (Wildman–Crippen MR) is 123 cm³/mol. The average molecular weight is 443 g/mol. The van der Waals surface area contributed by atoms with Gasteiger partial charge in [0.25, 0.3) is 5.91 Å². The molecule has 5 N–H and O–H groups in total. The van der Waals surface area contributed by atoms with Crippen LogP contribution >= 0.6 is 12.1 Å². The Bertz CT molecular complexity index is 1020. The molecular formula is C21H26N6O3S.